The number of rotatable bonds is 2. The molecule has 1 radical (unpaired) electrons. The smallest absolute Gasteiger partial charge is 0.161 e. The van der Waals surface area contributed by atoms with E-state index in [1.54, 1.807) is 24.8 Å². The molecule has 2 aliphatic rings. The van der Waals surface area contributed by atoms with E-state index in [0.29, 0.717) is 19.6 Å². The summed E-state index contributed by atoms with van der Waals surface area (Å²) in [5.41, 5.74) is 6.25. The summed E-state index contributed by atoms with van der Waals surface area (Å²) in [7, 11) is 0. The van der Waals surface area contributed by atoms with Gasteiger partial charge in [0.1, 0.15) is 12.0 Å². The molecular weight excluding hydrogens is 382 g/mol. The molecule has 6 heteroatoms. The van der Waals surface area contributed by atoms with Gasteiger partial charge in [-0.1, -0.05) is 12.1 Å². The second-order valence-corrected chi connectivity index (χ2v) is 7.84. The van der Waals surface area contributed by atoms with E-state index in [1.165, 1.54) is 12.1 Å². The standard InChI is InChI=1S/C24H19F2N4/c25-19-3-1-16(2-4-19)17-12-23-24-27-8-10-30(24)22-6-5-21(28-9-7-20(26)15-28)11-18(22)14-29(23)13-17/h1-8,10-13,20H,9,14-15H2. The van der Waals surface area contributed by atoms with Crippen molar-refractivity contribution in [2.24, 2.45) is 0 Å². The highest BCUT2D eigenvalue weighted by Gasteiger charge is 2.25. The topological polar surface area (TPSA) is 26.0 Å². The zero-order chi connectivity index (χ0) is 20.2. The summed E-state index contributed by atoms with van der Waals surface area (Å²) in [4.78, 5) is 6.67. The number of aromatic nitrogens is 3. The number of hydrogen-bond acceptors (Lipinski definition) is 2. The Hall–Kier alpha value is -3.41. The lowest BCUT2D eigenvalue weighted by Crippen LogP contribution is -2.20. The molecule has 6 rings (SSSR count). The van der Waals surface area contributed by atoms with Gasteiger partial charge in [-0.05, 0) is 47.5 Å². The summed E-state index contributed by atoms with van der Waals surface area (Å²) in [6.45, 7) is 1.71. The predicted octanol–water partition coefficient (Wildman–Crippen LogP) is 4.87. The highest BCUT2D eigenvalue weighted by molar-refractivity contribution is 5.72. The van der Waals surface area contributed by atoms with Gasteiger partial charge in [0.15, 0.2) is 5.82 Å². The van der Waals surface area contributed by atoms with E-state index in [9.17, 15) is 8.78 Å². The quantitative estimate of drug-likeness (QED) is 0.422. The number of hydrogen-bond donors (Lipinski definition) is 0. The Morgan fingerprint density at radius 2 is 1.87 bits per heavy atom. The van der Waals surface area contributed by atoms with E-state index in [2.05, 4.69) is 49.5 Å². The van der Waals surface area contributed by atoms with Crippen molar-refractivity contribution in [1.29, 1.82) is 0 Å². The molecule has 2 aromatic heterocycles. The van der Waals surface area contributed by atoms with Crippen molar-refractivity contribution in [3.8, 4) is 28.3 Å². The molecule has 1 fully saturated rings. The number of nitrogens with zero attached hydrogens (tertiary/aromatic N) is 4. The van der Waals surface area contributed by atoms with Gasteiger partial charge in [-0.2, -0.15) is 0 Å². The minimum Gasteiger partial charge on any atom is -0.368 e. The molecule has 30 heavy (non-hydrogen) atoms. The average molecular weight is 401 g/mol. The van der Waals surface area contributed by atoms with E-state index < -0.39 is 6.17 Å². The van der Waals surface area contributed by atoms with Gasteiger partial charge in [0.2, 0.25) is 0 Å². The zero-order valence-electron chi connectivity index (χ0n) is 16.2. The second-order valence-electron chi connectivity index (χ2n) is 7.84. The highest BCUT2D eigenvalue weighted by atomic mass is 19.1. The van der Waals surface area contributed by atoms with Crippen molar-refractivity contribution in [1.82, 2.24) is 14.1 Å². The van der Waals surface area contributed by atoms with Crippen LogP contribution in [0.2, 0.25) is 0 Å². The molecule has 0 bridgehead atoms. The van der Waals surface area contributed by atoms with Crippen LogP contribution in [0, 0.1) is 12.2 Å². The second kappa shape index (κ2) is 6.55. The fourth-order valence-electron chi connectivity index (χ4n) is 4.44. The van der Waals surface area contributed by atoms with Crippen molar-refractivity contribution in [3.63, 3.8) is 0 Å². The van der Waals surface area contributed by atoms with Crippen LogP contribution < -0.4 is 4.90 Å². The molecular formula is C24H19F2N4. The van der Waals surface area contributed by atoms with Gasteiger partial charge in [0, 0.05) is 55.9 Å². The fraction of sp³-hybridized carbons (Fsp3) is 0.167. The average Bonchev–Trinajstić information content (AvgIpc) is 3.47. The first-order valence-corrected chi connectivity index (χ1v) is 10.0. The number of anilines is 1. The van der Waals surface area contributed by atoms with Crippen molar-refractivity contribution in [2.45, 2.75) is 12.7 Å². The van der Waals surface area contributed by atoms with E-state index in [0.717, 1.165) is 39.6 Å². The van der Waals surface area contributed by atoms with Crippen LogP contribution in [0.25, 0.3) is 28.3 Å². The van der Waals surface area contributed by atoms with Crippen LogP contribution >= 0.6 is 0 Å². The molecule has 0 aliphatic carbocycles. The van der Waals surface area contributed by atoms with E-state index in [1.807, 2.05) is 6.20 Å². The normalized spacial score (nSPS) is 17.4. The maximum atomic E-state index is 13.7. The lowest BCUT2D eigenvalue weighted by molar-refractivity contribution is 0.409. The van der Waals surface area contributed by atoms with Crippen molar-refractivity contribution < 1.29 is 8.78 Å². The molecule has 1 saturated heterocycles. The Morgan fingerprint density at radius 3 is 2.67 bits per heavy atom. The van der Waals surface area contributed by atoms with Crippen LogP contribution in [0.5, 0.6) is 0 Å². The molecule has 1 atom stereocenters. The Bertz CT molecular complexity index is 1240. The number of fused-ring (bicyclic) bond motifs is 5. The van der Waals surface area contributed by atoms with Gasteiger partial charge in [0.05, 0.1) is 11.4 Å². The Morgan fingerprint density at radius 1 is 1.00 bits per heavy atom. The minimum atomic E-state index is -0.876. The summed E-state index contributed by atoms with van der Waals surface area (Å²) < 4.78 is 31.3. The summed E-state index contributed by atoms with van der Waals surface area (Å²) in [6.07, 6.45) is 6.69. The molecule has 0 spiro atoms. The van der Waals surface area contributed by atoms with E-state index in [4.69, 9.17) is 0 Å². The van der Waals surface area contributed by atoms with Crippen LogP contribution in [0.1, 0.15) is 5.56 Å². The molecule has 0 N–H and O–H groups in total. The SMILES string of the molecule is Fc1ccc(-c2cc3n(c2)Cc2cc(N4C[CH]C(F)C4)ccc2-n2ccnc2-3)cc1. The number of alkyl halides is 1. The molecule has 2 aromatic carbocycles. The van der Waals surface area contributed by atoms with Crippen LogP contribution in [-0.4, -0.2) is 33.4 Å². The first-order chi connectivity index (χ1) is 14.7. The van der Waals surface area contributed by atoms with Gasteiger partial charge in [-0.15, -0.1) is 0 Å². The lowest BCUT2D eigenvalue weighted by Gasteiger charge is -2.20. The lowest BCUT2D eigenvalue weighted by atomic mass is 10.1. The summed E-state index contributed by atoms with van der Waals surface area (Å²) in [5.74, 6) is 0.624. The number of halogens is 2. The summed E-state index contributed by atoms with van der Waals surface area (Å²) in [5, 5.41) is 0. The third kappa shape index (κ3) is 2.75. The molecule has 0 amide bonds. The Balaban J connectivity index is 1.46. The van der Waals surface area contributed by atoms with Crippen LogP contribution in [0.4, 0.5) is 14.5 Å². The summed E-state index contributed by atoms with van der Waals surface area (Å²) >= 11 is 0. The monoisotopic (exact) mass is 401 g/mol. The molecule has 0 saturated carbocycles. The van der Waals surface area contributed by atoms with Crippen LogP contribution in [0.3, 0.4) is 0 Å². The van der Waals surface area contributed by atoms with Gasteiger partial charge in [-0.3, -0.25) is 4.57 Å². The third-order valence-electron chi connectivity index (χ3n) is 5.95. The first kappa shape index (κ1) is 17.4. The largest absolute Gasteiger partial charge is 0.368 e. The molecule has 1 unspecified atom stereocenters. The van der Waals surface area contributed by atoms with Crippen molar-refractivity contribution in [3.05, 3.63) is 84.9 Å². The molecule has 4 aromatic rings. The molecule has 4 nitrogen and oxygen atoms in total. The molecule has 2 aliphatic heterocycles. The molecule has 149 valence electrons. The minimum absolute atomic E-state index is 0.244. The van der Waals surface area contributed by atoms with Crippen LogP contribution in [0.15, 0.2) is 67.1 Å². The van der Waals surface area contributed by atoms with E-state index in [-0.39, 0.29) is 5.82 Å². The third-order valence-corrected chi connectivity index (χ3v) is 5.95. The Kier molecular flexibility index (Phi) is 3.81. The zero-order valence-corrected chi connectivity index (χ0v) is 16.2. The number of benzene rings is 2. The summed E-state index contributed by atoms with van der Waals surface area (Å²) in [6, 6.07) is 14.9. The maximum Gasteiger partial charge on any atom is 0.161 e. The van der Waals surface area contributed by atoms with Crippen molar-refractivity contribution in [2.75, 3.05) is 18.0 Å². The van der Waals surface area contributed by atoms with Gasteiger partial charge in [-0.25, -0.2) is 13.8 Å². The number of imidazole rings is 1. The predicted molar refractivity (Wildman–Crippen MR) is 113 cm³/mol. The molecule has 4 heterocycles. The van der Waals surface area contributed by atoms with Crippen molar-refractivity contribution >= 4 is 5.69 Å². The Labute approximate surface area is 173 Å². The van der Waals surface area contributed by atoms with Gasteiger partial charge >= 0.3 is 0 Å². The van der Waals surface area contributed by atoms with Gasteiger partial charge < -0.3 is 9.47 Å². The van der Waals surface area contributed by atoms with Gasteiger partial charge in [0.25, 0.3) is 0 Å². The van der Waals surface area contributed by atoms with Crippen LogP contribution in [-0.2, 0) is 6.54 Å². The van der Waals surface area contributed by atoms with E-state index >= 15 is 0 Å². The first-order valence-electron chi connectivity index (χ1n) is 10.0. The highest BCUT2D eigenvalue weighted by Crippen LogP contribution is 2.35. The maximum absolute atomic E-state index is 13.7. The fourth-order valence-corrected chi connectivity index (χ4v) is 4.44.